The molecule has 1 aromatic heterocycles. The first-order valence-corrected chi connectivity index (χ1v) is 7.35. The minimum atomic E-state index is -0.272. The molecule has 0 unspecified atom stereocenters. The van der Waals surface area contributed by atoms with Crippen LogP contribution >= 0.6 is 0 Å². The van der Waals surface area contributed by atoms with Crippen molar-refractivity contribution in [2.45, 2.75) is 25.9 Å². The molecule has 5 heteroatoms. The van der Waals surface area contributed by atoms with Crippen molar-refractivity contribution in [2.75, 3.05) is 13.2 Å². The Hall–Kier alpha value is -2.14. The van der Waals surface area contributed by atoms with E-state index in [0.29, 0.717) is 32.6 Å². The molecule has 22 heavy (non-hydrogen) atoms. The second-order valence-electron chi connectivity index (χ2n) is 4.97. The van der Waals surface area contributed by atoms with Gasteiger partial charge in [-0.05, 0) is 42.7 Å². The first kappa shape index (κ1) is 16.2. The number of amides is 1. The zero-order valence-electron chi connectivity index (χ0n) is 12.4. The van der Waals surface area contributed by atoms with Gasteiger partial charge in [-0.25, -0.2) is 4.39 Å². The minimum Gasteiger partial charge on any atom is -0.467 e. The quantitative estimate of drug-likeness (QED) is 0.724. The molecule has 0 saturated carbocycles. The van der Waals surface area contributed by atoms with E-state index in [1.165, 1.54) is 12.1 Å². The number of rotatable bonds is 9. The van der Waals surface area contributed by atoms with Crippen molar-refractivity contribution in [1.82, 2.24) is 5.32 Å². The number of furan rings is 1. The summed E-state index contributed by atoms with van der Waals surface area (Å²) in [4.78, 5) is 11.7. The number of nitrogens with one attached hydrogen (secondary N) is 1. The number of carbonyl (C=O) groups excluding carboxylic acids is 1. The predicted octanol–water partition coefficient (Wildman–Crippen LogP) is 3.07. The van der Waals surface area contributed by atoms with Crippen molar-refractivity contribution in [1.29, 1.82) is 0 Å². The van der Waals surface area contributed by atoms with E-state index in [1.54, 1.807) is 12.3 Å². The van der Waals surface area contributed by atoms with Crippen LogP contribution in [0.5, 0.6) is 0 Å². The van der Waals surface area contributed by atoms with E-state index in [-0.39, 0.29) is 11.7 Å². The molecule has 0 aliphatic heterocycles. The Labute approximate surface area is 129 Å². The summed E-state index contributed by atoms with van der Waals surface area (Å²) in [5.74, 6) is 0.487. The van der Waals surface area contributed by atoms with E-state index in [1.807, 2.05) is 18.2 Å². The Bertz CT molecular complexity index is 569. The van der Waals surface area contributed by atoms with Crippen molar-refractivity contribution < 1.29 is 18.3 Å². The molecule has 2 rings (SSSR count). The van der Waals surface area contributed by atoms with Crippen molar-refractivity contribution >= 4 is 5.91 Å². The van der Waals surface area contributed by atoms with Gasteiger partial charge in [0.15, 0.2) is 0 Å². The van der Waals surface area contributed by atoms with Gasteiger partial charge in [0.1, 0.15) is 18.2 Å². The van der Waals surface area contributed by atoms with Gasteiger partial charge >= 0.3 is 0 Å². The largest absolute Gasteiger partial charge is 0.467 e. The molecule has 4 nitrogen and oxygen atoms in total. The van der Waals surface area contributed by atoms with E-state index in [4.69, 9.17) is 9.15 Å². The Kier molecular flexibility index (Phi) is 6.64. The summed E-state index contributed by atoms with van der Waals surface area (Å²) in [7, 11) is 0. The van der Waals surface area contributed by atoms with Gasteiger partial charge in [0.05, 0.1) is 6.26 Å². The number of hydrogen-bond acceptors (Lipinski definition) is 3. The summed E-state index contributed by atoms with van der Waals surface area (Å²) in [6.07, 6.45) is 3.25. The number of benzene rings is 1. The molecule has 0 bridgehead atoms. The van der Waals surface area contributed by atoms with Crippen LogP contribution in [0, 0.1) is 5.82 Å². The highest BCUT2D eigenvalue weighted by atomic mass is 19.1. The van der Waals surface area contributed by atoms with Crippen molar-refractivity contribution in [2.24, 2.45) is 0 Å². The summed E-state index contributed by atoms with van der Waals surface area (Å²) in [6.45, 7) is 1.57. The predicted molar refractivity (Wildman–Crippen MR) is 80.7 cm³/mol. The normalized spacial score (nSPS) is 10.6. The number of carbonyl (C=O) groups is 1. The molecule has 0 aliphatic rings. The Morgan fingerprint density at radius 3 is 2.95 bits per heavy atom. The van der Waals surface area contributed by atoms with Crippen LogP contribution < -0.4 is 5.32 Å². The van der Waals surface area contributed by atoms with Crippen LogP contribution in [0.3, 0.4) is 0 Å². The third-order valence-corrected chi connectivity index (χ3v) is 3.14. The summed E-state index contributed by atoms with van der Waals surface area (Å²) in [5.41, 5.74) is 0.830. The lowest BCUT2D eigenvalue weighted by atomic mass is 10.1. The van der Waals surface area contributed by atoms with Gasteiger partial charge in [-0.2, -0.15) is 0 Å². The van der Waals surface area contributed by atoms with Crippen LogP contribution in [-0.2, 0) is 22.6 Å². The van der Waals surface area contributed by atoms with E-state index in [9.17, 15) is 9.18 Å². The molecular weight excluding hydrogens is 285 g/mol. The van der Waals surface area contributed by atoms with Crippen LogP contribution in [0.15, 0.2) is 47.1 Å². The molecule has 1 N–H and O–H groups in total. The summed E-state index contributed by atoms with van der Waals surface area (Å²) in [5, 5.41) is 2.83. The van der Waals surface area contributed by atoms with Crippen molar-refractivity contribution in [3.05, 3.63) is 59.8 Å². The van der Waals surface area contributed by atoms with Crippen molar-refractivity contribution in [3.8, 4) is 0 Å². The monoisotopic (exact) mass is 305 g/mol. The molecule has 0 spiro atoms. The average molecular weight is 305 g/mol. The highest BCUT2D eigenvalue weighted by molar-refractivity contribution is 5.76. The van der Waals surface area contributed by atoms with Crippen LogP contribution in [0.25, 0.3) is 0 Å². The van der Waals surface area contributed by atoms with E-state index in [2.05, 4.69) is 5.32 Å². The number of aryl methyl sites for hydroxylation is 1. The highest BCUT2D eigenvalue weighted by Gasteiger charge is 2.03. The fraction of sp³-hybridized carbons (Fsp3) is 0.353. The van der Waals surface area contributed by atoms with Gasteiger partial charge in [0, 0.05) is 19.6 Å². The number of ether oxygens (including phenoxy) is 1. The molecule has 0 radical (unpaired) electrons. The molecule has 1 aromatic carbocycles. The van der Waals surface area contributed by atoms with Crippen molar-refractivity contribution in [3.63, 3.8) is 0 Å². The van der Waals surface area contributed by atoms with Gasteiger partial charge in [0.2, 0.25) is 5.91 Å². The second kappa shape index (κ2) is 9.00. The SMILES string of the molecule is O=C(CCc1cccc(F)c1)NCCCOCc1ccco1. The van der Waals surface area contributed by atoms with E-state index < -0.39 is 0 Å². The third kappa shape index (κ3) is 6.10. The van der Waals surface area contributed by atoms with Crippen LogP contribution in [0.1, 0.15) is 24.2 Å². The first-order valence-electron chi connectivity index (χ1n) is 7.35. The molecular formula is C17H20FNO3. The second-order valence-corrected chi connectivity index (χ2v) is 4.97. The minimum absolute atomic E-state index is 0.0321. The Morgan fingerprint density at radius 2 is 2.18 bits per heavy atom. The van der Waals surface area contributed by atoms with E-state index in [0.717, 1.165) is 17.7 Å². The standard InChI is InChI=1S/C17H20FNO3/c18-15-5-1-4-14(12-15)7-8-17(20)19-9-3-10-21-13-16-6-2-11-22-16/h1-2,4-6,11-12H,3,7-10,13H2,(H,19,20). The fourth-order valence-electron chi connectivity index (χ4n) is 2.01. The van der Waals surface area contributed by atoms with Gasteiger partial charge < -0.3 is 14.5 Å². The summed E-state index contributed by atoms with van der Waals surface area (Å²) >= 11 is 0. The fourth-order valence-corrected chi connectivity index (χ4v) is 2.01. The summed E-state index contributed by atoms with van der Waals surface area (Å²) < 4.78 is 23.5. The highest BCUT2D eigenvalue weighted by Crippen LogP contribution is 2.06. The van der Waals surface area contributed by atoms with Gasteiger partial charge in [0.25, 0.3) is 0 Å². The molecule has 0 fully saturated rings. The maximum atomic E-state index is 13.0. The van der Waals surface area contributed by atoms with Gasteiger partial charge in [-0.3, -0.25) is 4.79 Å². The van der Waals surface area contributed by atoms with Crippen LogP contribution in [0.4, 0.5) is 4.39 Å². The van der Waals surface area contributed by atoms with Crippen LogP contribution in [-0.4, -0.2) is 19.1 Å². The maximum absolute atomic E-state index is 13.0. The van der Waals surface area contributed by atoms with Gasteiger partial charge in [-0.15, -0.1) is 0 Å². The van der Waals surface area contributed by atoms with Crippen LogP contribution in [0.2, 0.25) is 0 Å². The lowest BCUT2D eigenvalue weighted by Gasteiger charge is -2.06. The first-order chi connectivity index (χ1) is 10.7. The molecule has 2 aromatic rings. The number of hydrogen-bond donors (Lipinski definition) is 1. The molecule has 1 amide bonds. The molecule has 0 aliphatic carbocycles. The third-order valence-electron chi connectivity index (χ3n) is 3.14. The van der Waals surface area contributed by atoms with Gasteiger partial charge in [-0.1, -0.05) is 12.1 Å². The topological polar surface area (TPSA) is 51.5 Å². The lowest BCUT2D eigenvalue weighted by Crippen LogP contribution is -2.25. The average Bonchev–Trinajstić information content (AvgIpc) is 3.02. The molecule has 0 atom stereocenters. The smallest absolute Gasteiger partial charge is 0.220 e. The Balaban J connectivity index is 1.50. The zero-order valence-corrected chi connectivity index (χ0v) is 12.4. The zero-order chi connectivity index (χ0) is 15.6. The molecule has 1 heterocycles. The summed E-state index contributed by atoms with van der Waals surface area (Å²) in [6, 6.07) is 9.99. The Morgan fingerprint density at radius 1 is 1.27 bits per heavy atom. The molecule has 118 valence electrons. The van der Waals surface area contributed by atoms with E-state index >= 15 is 0 Å². The number of halogens is 1. The molecule has 0 saturated heterocycles. The maximum Gasteiger partial charge on any atom is 0.220 e. The lowest BCUT2D eigenvalue weighted by molar-refractivity contribution is -0.121.